The number of nitrogens with one attached hydrogen (secondary N) is 1. The molecule has 0 amide bonds. The van der Waals surface area contributed by atoms with E-state index in [1.165, 1.54) is 0 Å². The molecule has 5 nitrogen and oxygen atoms in total. The van der Waals surface area contributed by atoms with E-state index >= 15 is 0 Å². The van der Waals surface area contributed by atoms with Gasteiger partial charge in [-0.2, -0.15) is 18.3 Å². The van der Waals surface area contributed by atoms with Crippen LogP contribution in [0.1, 0.15) is 55.3 Å². The highest BCUT2D eigenvalue weighted by Gasteiger charge is 2.34. The molecule has 0 bridgehead atoms. The summed E-state index contributed by atoms with van der Waals surface area (Å²) in [6.45, 7) is 5.81. The first-order valence-electron chi connectivity index (χ1n) is 7.40. The van der Waals surface area contributed by atoms with Crippen molar-refractivity contribution in [3.05, 3.63) is 27.5 Å². The number of aryl methyl sites for hydroxylation is 2. The van der Waals surface area contributed by atoms with Gasteiger partial charge in [-0.05, 0) is 19.3 Å². The standard InChI is InChI=1S/C14H18F3N5S/c1-4-8-9(5-2)21-22-13(18-8)19-10(6-3)12-20-11(7-23-12)14(15,16)17/h7,10H,4-6H2,1-3H3,(H,18,19,22). The van der Waals surface area contributed by atoms with Crippen LogP contribution in [-0.2, 0) is 19.0 Å². The van der Waals surface area contributed by atoms with Gasteiger partial charge in [-0.3, -0.25) is 0 Å². The van der Waals surface area contributed by atoms with Crippen molar-refractivity contribution in [3.63, 3.8) is 0 Å². The van der Waals surface area contributed by atoms with E-state index in [0.29, 0.717) is 17.4 Å². The van der Waals surface area contributed by atoms with Crippen LogP contribution in [0.15, 0.2) is 5.38 Å². The SMILES string of the molecule is CCc1nnc(NC(CC)c2nc(C(F)(F)F)cs2)nc1CC. The Morgan fingerprint density at radius 1 is 1.09 bits per heavy atom. The molecule has 2 heterocycles. The van der Waals surface area contributed by atoms with Crippen LogP contribution < -0.4 is 5.32 Å². The second kappa shape index (κ2) is 7.20. The van der Waals surface area contributed by atoms with Gasteiger partial charge in [0, 0.05) is 5.38 Å². The first-order valence-corrected chi connectivity index (χ1v) is 8.28. The molecule has 0 aliphatic carbocycles. The van der Waals surface area contributed by atoms with E-state index in [1.54, 1.807) is 0 Å². The topological polar surface area (TPSA) is 63.6 Å². The summed E-state index contributed by atoms with van der Waals surface area (Å²) in [6.07, 6.45) is -2.41. The van der Waals surface area contributed by atoms with E-state index in [-0.39, 0.29) is 6.04 Å². The molecule has 0 saturated heterocycles. The number of nitrogens with zero attached hydrogens (tertiary/aromatic N) is 4. The number of anilines is 1. The molecular weight excluding hydrogens is 327 g/mol. The molecule has 2 aromatic heterocycles. The lowest BCUT2D eigenvalue weighted by atomic mass is 10.2. The molecule has 0 fully saturated rings. The monoisotopic (exact) mass is 345 g/mol. The Labute approximate surface area is 136 Å². The minimum atomic E-state index is -4.43. The fourth-order valence-electron chi connectivity index (χ4n) is 2.07. The summed E-state index contributed by atoms with van der Waals surface area (Å²) >= 11 is 0.976. The zero-order valence-corrected chi connectivity index (χ0v) is 13.9. The van der Waals surface area contributed by atoms with Gasteiger partial charge in [0.2, 0.25) is 5.95 Å². The molecule has 0 spiro atoms. The summed E-state index contributed by atoms with van der Waals surface area (Å²) in [5.41, 5.74) is 0.807. The number of alkyl halides is 3. The van der Waals surface area contributed by atoms with E-state index in [0.717, 1.165) is 40.9 Å². The van der Waals surface area contributed by atoms with Crippen molar-refractivity contribution in [2.45, 2.75) is 52.3 Å². The summed E-state index contributed by atoms with van der Waals surface area (Å²) in [6, 6.07) is -0.380. The van der Waals surface area contributed by atoms with E-state index in [2.05, 4.69) is 25.5 Å². The second-order valence-corrected chi connectivity index (χ2v) is 5.80. The predicted molar refractivity (Wildman–Crippen MR) is 82.4 cm³/mol. The number of halogens is 3. The highest BCUT2D eigenvalue weighted by Crippen LogP contribution is 2.33. The lowest BCUT2D eigenvalue weighted by Gasteiger charge is -2.15. The molecule has 0 aliphatic heterocycles. The molecule has 2 aromatic rings. The van der Waals surface area contributed by atoms with Crippen LogP contribution >= 0.6 is 11.3 Å². The van der Waals surface area contributed by atoms with Gasteiger partial charge >= 0.3 is 6.18 Å². The quantitative estimate of drug-likeness (QED) is 0.856. The molecule has 9 heteroatoms. The third kappa shape index (κ3) is 4.15. The molecule has 0 aliphatic rings. The number of thiazole rings is 1. The van der Waals surface area contributed by atoms with Crippen LogP contribution in [0.5, 0.6) is 0 Å². The van der Waals surface area contributed by atoms with Crippen LogP contribution in [0.3, 0.4) is 0 Å². The average molecular weight is 345 g/mol. The molecule has 0 radical (unpaired) electrons. The maximum absolute atomic E-state index is 12.7. The lowest BCUT2D eigenvalue weighted by molar-refractivity contribution is -0.140. The van der Waals surface area contributed by atoms with Gasteiger partial charge in [0.1, 0.15) is 5.01 Å². The van der Waals surface area contributed by atoms with Crippen molar-refractivity contribution in [2.24, 2.45) is 0 Å². The Morgan fingerprint density at radius 2 is 1.78 bits per heavy atom. The summed E-state index contributed by atoms with van der Waals surface area (Å²) in [5.74, 6) is 0.314. The van der Waals surface area contributed by atoms with Gasteiger partial charge in [0.25, 0.3) is 0 Å². The second-order valence-electron chi connectivity index (χ2n) is 4.91. The highest BCUT2D eigenvalue weighted by molar-refractivity contribution is 7.09. The van der Waals surface area contributed by atoms with E-state index in [4.69, 9.17) is 0 Å². The maximum atomic E-state index is 12.7. The van der Waals surface area contributed by atoms with E-state index < -0.39 is 11.9 Å². The predicted octanol–water partition coefficient (Wildman–Crippen LogP) is 4.03. The summed E-state index contributed by atoms with van der Waals surface area (Å²) < 4.78 is 38.0. The lowest BCUT2D eigenvalue weighted by Crippen LogP contribution is -2.15. The first kappa shape index (κ1) is 17.6. The number of aromatic nitrogens is 4. The molecule has 1 atom stereocenters. The zero-order valence-electron chi connectivity index (χ0n) is 13.1. The van der Waals surface area contributed by atoms with Crippen LogP contribution in [-0.4, -0.2) is 20.2 Å². The molecule has 23 heavy (non-hydrogen) atoms. The Kier molecular flexibility index (Phi) is 5.51. The Morgan fingerprint density at radius 3 is 2.30 bits per heavy atom. The van der Waals surface area contributed by atoms with Crippen LogP contribution in [0, 0.1) is 0 Å². The van der Waals surface area contributed by atoms with Crippen molar-refractivity contribution in [1.29, 1.82) is 0 Å². The van der Waals surface area contributed by atoms with Crippen LogP contribution in [0.4, 0.5) is 19.1 Å². The fraction of sp³-hybridized carbons (Fsp3) is 0.571. The third-order valence-corrected chi connectivity index (χ3v) is 4.29. The largest absolute Gasteiger partial charge is 0.434 e. The normalized spacial score (nSPS) is 13.1. The van der Waals surface area contributed by atoms with Crippen molar-refractivity contribution in [2.75, 3.05) is 5.32 Å². The number of hydrogen-bond donors (Lipinski definition) is 1. The highest BCUT2D eigenvalue weighted by atomic mass is 32.1. The Bertz CT molecular complexity index is 656. The van der Waals surface area contributed by atoms with Gasteiger partial charge < -0.3 is 5.32 Å². The van der Waals surface area contributed by atoms with E-state index in [1.807, 2.05) is 20.8 Å². The van der Waals surface area contributed by atoms with Gasteiger partial charge in [-0.15, -0.1) is 16.4 Å². The zero-order chi connectivity index (χ0) is 17.0. The smallest absolute Gasteiger partial charge is 0.344 e. The van der Waals surface area contributed by atoms with Crippen LogP contribution in [0.25, 0.3) is 0 Å². The molecule has 0 saturated carbocycles. The van der Waals surface area contributed by atoms with Gasteiger partial charge in [-0.1, -0.05) is 20.8 Å². The minimum Gasteiger partial charge on any atom is -0.344 e. The van der Waals surface area contributed by atoms with Crippen molar-refractivity contribution >= 4 is 17.3 Å². The minimum absolute atomic E-state index is 0.314. The average Bonchev–Trinajstić information content (AvgIpc) is 3.02. The van der Waals surface area contributed by atoms with Crippen molar-refractivity contribution in [3.8, 4) is 0 Å². The molecule has 1 N–H and O–H groups in total. The summed E-state index contributed by atoms with van der Waals surface area (Å²) in [5, 5.41) is 12.5. The third-order valence-electron chi connectivity index (χ3n) is 3.33. The summed E-state index contributed by atoms with van der Waals surface area (Å²) in [4.78, 5) is 8.08. The summed E-state index contributed by atoms with van der Waals surface area (Å²) in [7, 11) is 0. The van der Waals surface area contributed by atoms with Crippen molar-refractivity contribution < 1.29 is 13.2 Å². The molecule has 2 rings (SSSR count). The molecular formula is C14H18F3N5S. The first-order chi connectivity index (χ1) is 10.9. The number of rotatable bonds is 6. The van der Waals surface area contributed by atoms with E-state index in [9.17, 15) is 13.2 Å². The maximum Gasteiger partial charge on any atom is 0.434 e. The Balaban J connectivity index is 2.21. The van der Waals surface area contributed by atoms with Gasteiger partial charge in [0.15, 0.2) is 5.69 Å². The fourth-order valence-corrected chi connectivity index (χ4v) is 3.03. The molecule has 0 aromatic carbocycles. The van der Waals surface area contributed by atoms with Gasteiger partial charge in [0.05, 0.1) is 17.4 Å². The molecule has 126 valence electrons. The van der Waals surface area contributed by atoms with Gasteiger partial charge in [-0.25, -0.2) is 9.97 Å². The Hall–Kier alpha value is -1.77. The van der Waals surface area contributed by atoms with Crippen molar-refractivity contribution in [1.82, 2.24) is 20.2 Å². The number of hydrogen-bond acceptors (Lipinski definition) is 6. The molecule has 1 unspecified atom stereocenters. The van der Waals surface area contributed by atoms with Crippen LogP contribution in [0.2, 0.25) is 0 Å².